The Kier molecular flexibility index (Phi) is 5.26. The summed E-state index contributed by atoms with van der Waals surface area (Å²) in [5.41, 5.74) is 1.58. The molecule has 1 aromatic heterocycles. The number of carbonyl (C=O) groups is 1. The molecule has 1 heterocycles. The van der Waals surface area contributed by atoms with E-state index < -0.39 is 6.10 Å². The van der Waals surface area contributed by atoms with Gasteiger partial charge in [-0.15, -0.1) is 10.2 Å². The highest BCUT2D eigenvalue weighted by Gasteiger charge is 2.18. The molecule has 6 nitrogen and oxygen atoms in total. The first kappa shape index (κ1) is 17.6. The van der Waals surface area contributed by atoms with Crippen molar-refractivity contribution in [2.24, 2.45) is 0 Å². The molecular formula is C19H18FN3O3. The van der Waals surface area contributed by atoms with E-state index in [1.807, 2.05) is 6.92 Å². The van der Waals surface area contributed by atoms with E-state index in [1.54, 1.807) is 43.3 Å². The highest BCUT2D eigenvalue weighted by Crippen LogP contribution is 2.21. The van der Waals surface area contributed by atoms with Crippen LogP contribution in [0.15, 0.2) is 59.3 Å². The first-order valence-corrected chi connectivity index (χ1v) is 8.12. The largest absolute Gasteiger partial charge is 0.481 e. The van der Waals surface area contributed by atoms with Gasteiger partial charge in [0.25, 0.3) is 5.91 Å². The van der Waals surface area contributed by atoms with Crippen molar-refractivity contribution in [1.29, 1.82) is 0 Å². The molecule has 0 aliphatic rings. The number of halogens is 1. The normalized spacial score (nSPS) is 13.0. The lowest BCUT2D eigenvalue weighted by atomic mass is 10.1. The Morgan fingerprint density at radius 1 is 1.12 bits per heavy atom. The predicted octanol–water partition coefficient (Wildman–Crippen LogP) is 3.52. The fourth-order valence-corrected chi connectivity index (χ4v) is 2.40. The Balaban J connectivity index is 1.57. The summed E-state index contributed by atoms with van der Waals surface area (Å²) in [5.74, 6) is 0.386. The van der Waals surface area contributed by atoms with Gasteiger partial charge in [0.15, 0.2) is 6.10 Å². The molecule has 3 aromatic rings. The van der Waals surface area contributed by atoms with Crippen LogP contribution < -0.4 is 10.1 Å². The number of hydrogen-bond acceptors (Lipinski definition) is 5. The van der Waals surface area contributed by atoms with Gasteiger partial charge in [-0.1, -0.05) is 12.1 Å². The zero-order chi connectivity index (χ0) is 18.5. The fourth-order valence-electron chi connectivity index (χ4n) is 2.40. The summed E-state index contributed by atoms with van der Waals surface area (Å²) < 4.78 is 23.8. The van der Waals surface area contributed by atoms with Crippen LogP contribution in [0, 0.1) is 5.82 Å². The molecule has 2 aromatic carbocycles. The van der Waals surface area contributed by atoms with Crippen molar-refractivity contribution in [2.45, 2.75) is 26.0 Å². The number of nitrogens with one attached hydrogen (secondary N) is 1. The molecule has 0 fully saturated rings. The third-order valence-corrected chi connectivity index (χ3v) is 3.87. The van der Waals surface area contributed by atoms with Gasteiger partial charge >= 0.3 is 0 Å². The van der Waals surface area contributed by atoms with Crippen LogP contribution in [0.5, 0.6) is 5.75 Å². The van der Waals surface area contributed by atoms with Crippen LogP contribution in [0.2, 0.25) is 0 Å². The van der Waals surface area contributed by atoms with E-state index in [2.05, 4.69) is 15.5 Å². The molecule has 26 heavy (non-hydrogen) atoms. The Bertz CT molecular complexity index is 849. The van der Waals surface area contributed by atoms with Gasteiger partial charge in [-0.25, -0.2) is 4.39 Å². The van der Waals surface area contributed by atoms with Gasteiger partial charge < -0.3 is 14.5 Å². The van der Waals surface area contributed by atoms with Crippen LogP contribution in [-0.2, 0) is 4.79 Å². The number of carbonyl (C=O) groups excluding carboxylic acids is 1. The lowest BCUT2D eigenvalue weighted by Gasteiger charge is -2.19. The molecule has 0 bridgehead atoms. The number of amides is 1. The predicted molar refractivity (Wildman–Crippen MR) is 92.8 cm³/mol. The number of aromatic nitrogens is 2. The minimum atomic E-state index is -0.688. The minimum Gasteiger partial charge on any atom is -0.481 e. The van der Waals surface area contributed by atoms with Crippen LogP contribution in [0.3, 0.4) is 0 Å². The van der Waals surface area contributed by atoms with Gasteiger partial charge in [0.05, 0.1) is 6.04 Å². The molecule has 3 rings (SSSR count). The van der Waals surface area contributed by atoms with E-state index in [0.29, 0.717) is 11.6 Å². The van der Waals surface area contributed by atoms with E-state index in [1.165, 1.54) is 18.5 Å². The first-order chi connectivity index (χ1) is 12.5. The zero-order valence-corrected chi connectivity index (χ0v) is 14.3. The van der Waals surface area contributed by atoms with Gasteiger partial charge in [0.2, 0.25) is 12.3 Å². The second-order valence-electron chi connectivity index (χ2n) is 5.81. The van der Waals surface area contributed by atoms with E-state index in [-0.39, 0.29) is 17.8 Å². The standard InChI is InChI=1S/C19H18FN3O3/c1-12(14-3-7-16(20)8-4-14)22-18(24)13(2)26-17-9-5-15(6-10-17)19-23-21-11-25-19/h3-13H,1-2H3,(H,22,24)/t12-,13-/m0/s1. The van der Waals surface area contributed by atoms with Crippen molar-refractivity contribution >= 4 is 5.91 Å². The van der Waals surface area contributed by atoms with Crippen LogP contribution in [0.25, 0.3) is 11.5 Å². The molecule has 0 saturated heterocycles. The molecule has 0 radical (unpaired) electrons. The first-order valence-electron chi connectivity index (χ1n) is 8.12. The summed E-state index contributed by atoms with van der Waals surface area (Å²) in [6.07, 6.45) is 0.571. The molecule has 0 spiro atoms. The molecule has 0 saturated carbocycles. The second kappa shape index (κ2) is 7.77. The average molecular weight is 355 g/mol. The topological polar surface area (TPSA) is 77.2 Å². The van der Waals surface area contributed by atoms with E-state index in [4.69, 9.17) is 9.15 Å². The molecule has 0 aliphatic carbocycles. The maximum Gasteiger partial charge on any atom is 0.261 e. The lowest BCUT2D eigenvalue weighted by molar-refractivity contribution is -0.127. The molecular weight excluding hydrogens is 337 g/mol. The highest BCUT2D eigenvalue weighted by molar-refractivity contribution is 5.81. The maximum absolute atomic E-state index is 13.0. The molecule has 0 aliphatic heterocycles. The number of rotatable bonds is 6. The number of ether oxygens (including phenoxy) is 1. The number of nitrogens with zero attached hydrogens (tertiary/aromatic N) is 2. The fraction of sp³-hybridized carbons (Fsp3) is 0.211. The van der Waals surface area contributed by atoms with Crippen LogP contribution in [0.1, 0.15) is 25.5 Å². The highest BCUT2D eigenvalue weighted by atomic mass is 19.1. The quantitative estimate of drug-likeness (QED) is 0.732. The van der Waals surface area contributed by atoms with E-state index in [9.17, 15) is 9.18 Å². The van der Waals surface area contributed by atoms with Crippen LogP contribution in [-0.4, -0.2) is 22.2 Å². The summed E-state index contributed by atoms with van der Waals surface area (Å²) in [4.78, 5) is 12.3. The van der Waals surface area contributed by atoms with Crippen molar-refractivity contribution in [3.8, 4) is 17.2 Å². The minimum absolute atomic E-state index is 0.256. The summed E-state index contributed by atoms with van der Waals surface area (Å²) in [5, 5.41) is 10.3. The van der Waals surface area contributed by atoms with Gasteiger partial charge in [0, 0.05) is 5.56 Å². The summed E-state index contributed by atoms with van der Waals surface area (Å²) >= 11 is 0. The summed E-state index contributed by atoms with van der Waals surface area (Å²) in [6.45, 7) is 3.50. The van der Waals surface area contributed by atoms with E-state index in [0.717, 1.165) is 11.1 Å². The number of benzene rings is 2. The molecule has 1 amide bonds. The second-order valence-corrected chi connectivity index (χ2v) is 5.81. The Hall–Kier alpha value is -3.22. The Labute approximate surface area is 150 Å². The summed E-state index contributed by atoms with van der Waals surface area (Å²) in [6, 6.07) is 12.8. The molecule has 134 valence electrons. The van der Waals surface area contributed by atoms with Crippen LogP contribution in [0.4, 0.5) is 4.39 Å². The van der Waals surface area contributed by atoms with Gasteiger partial charge in [-0.3, -0.25) is 4.79 Å². The van der Waals surface area contributed by atoms with Crippen molar-refractivity contribution in [1.82, 2.24) is 15.5 Å². The third-order valence-electron chi connectivity index (χ3n) is 3.87. The zero-order valence-electron chi connectivity index (χ0n) is 14.3. The molecule has 0 unspecified atom stereocenters. The van der Waals surface area contributed by atoms with Crippen molar-refractivity contribution in [3.05, 3.63) is 66.3 Å². The summed E-state index contributed by atoms with van der Waals surface area (Å²) in [7, 11) is 0. The van der Waals surface area contributed by atoms with E-state index >= 15 is 0 Å². The Morgan fingerprint density at radius 3 is 2.42 bits per heavy atom. The van der Waals surface area contributed by atoms with Gasteiger partial charge in [-0.05, 0) is 55.8 Å². The number of hydrogen-bond donors (Lipinski definition) is 1. The molecule has 1 N–H and O–H groups in total. The van der Waals surface area contributed by atoms with Gasteiger partial charge in [0.1, 0.15) is 11.6 Å². The average Bonchev–Trinajstić information content (AvgIpc) is 3.17. The smallest absolute Gasteiger partial charge is 0.261 e. The molecule has 2 atom stereocenters. The van der Waals surface area contributed by atoms with Crippen molar-refractivity contribution < 1.29 is 18.3 Å². The Morgan fingerprint density at radius 2 is 1.81 bits per heavy atom. The van der Waals surface area contributed by atoms with Gasteiger partial charge in [-0.2, -0.15) is 0 Å². The maximum atomic E-state index is 13.0. The lowest BCUT2D eigenvalue weighted by Crippen LogP contribution is -2.37. The van der Waals surface area contributed by atoms with Crippen molar-refractivity contribution in [2.75, 3.05) is 0 Å². The molecule has 7 heteroatoms. The third kappa shape index (κ3) is 4.24. The SMILES string of the molecule is C[C@H](Oc1ccc(-c2nnco2)cc1)C(=O)N[C@@H](C)c1ccc(F)cc1. The van der Waals surface area contributed by atoms with Crippen molar-refractivity contribution in [3.63, 3.8) is 0 Å². The monoisotopic (exact) mass is 355 g/mol. The van der Waals surface area contributed by atoms with Crippen LogP contribution >= 0.6 is 0 Å².